The van der Waals surface area contributed by atoms with Gasteiger partial charge in [-0.05, 0) is 40.0 Å². The summed E-state index contributed by atoms with van der Waals surface area (Å²) in [6, 6.07) is 8.40. The van der Waals surface area contributed by atoms with E-state index in [0.29, 0.717) is 0 Å². The summed E-state index contributed by atoms with van der Waals surface area (Å²) >= 11 is 9.25. The smallest absolute Gasteiger partial charge is 0.224 e. The molecule has 5 heteroatoms. The molecule has 0 amide bonds. The first kappa shape index (κ1) is 13.3. The van der Waals surface area contributed by atoms with Gasteiger partial charge < -0.3 is 4.90 Å². The normalized spacial score (nSPS) is 10.4. The molecule has 1 aromatic carbocycles. The van der Waals surface area contributed by atoms with Gasteiger partial charge in [0.25, 0.3) is 0 Å². The molecule has 1 heterocycles. The molecule has 0 aliphatic carbocycles. The number of benzene rings is 1. The number of aromatic nitrogens is 2. The van der Waals surface area contributed by atoms with Crippen molar-refractivity contribution < 1.29 is 0 Å². The van der Waals surface area contributed by atoms with Gasteiger partial charge in [-0.1, -0.05) is 29.8 Å². The predicted molar refractivity (Wildman–Crippen MR) is 78.0 cm³/mol. The highest BCUT2D eigenvalue weighted by molar-refractivity contribution is 9.10. The zero-order chi connectivity index (χ0) is 13.1. The Morgan fingerprint density at radius 3 is 2.89 bits per heavy atom. The first-order valence-corrected chi connectivity index (χ1v) is 6.68. The van der Waals surface area contributed by atoms with Crippen LogP contribution in [0, 0.1) is 6.92 Å². The van der Waals surface area contributed by atoms with Crippen molar-refractivity contribution in [2.75, 3.05) is 11.9 Å². The maximum absolute atomic E-state index is 5.82. The van der Waals surface area contributed by atoms with Gasteiger partial charge in [0.15, 0.2) is 0 Å². The van der Waals surface area contributed by atoms with E-state index in [9.17, 15) is 0 Å². The Bertz CT molecular complexity index is 560. The molecule has 1 aromatic heterocycles. The average molecular weight is 327 g/mol. The van der Waals surface area contributed by atoms with Gasteiger partial charge in [0.2, 0.25) is 5.28 Å². The largest absolute Gasteiger partial charge is 0.354 e. The summed E-state index contributed by atoms with van der Waals surface area (Å²) in [4.78, 5) is 10.2. The van der Waals surface area contributed by atoms with Crippen LogP contribution in [0.5, 0.6) is 0 Å². The molecule has 0 N–H and O–H groups in total. The van der Waals surface area contributed by atoms with Crippen LogP contribution in [0.15, 0.2) is 34.9 Å². The van der Waals surface area contributed by atoms with E-state index in [1.807, 2.05) is 11.9 Å². The summed E-state index contributed by atoms with van der Waals surface area (Å²) in [6.45, 7) is 2.86. The van der Waals surface area contributed by atoms with Crippen LogP contribution in [0.25, 0.3) is 0 Å². The molecule has 0 unspecified atom stereocenters. The van der Waals surface area contributed by atoms with Crippen molar-refractivity contribution in [3.8, 4) is 0 Å². The minimum Gasteiger partial charge on any atom is -0.354 e. The molecule has 0 atom stereocenters. The summed E-state index contributed by atoms with van der Waals surface area (Å²) in [6.07, 6.45) is 1.66. The van der Waals surface area contributed by atoms with Crippen LogP contribution in [-0.4, -0.2) is 17.0 Å². The summed E-state index contributed by atoms with van der Waals surface area (Å²) < 4.78 is 0.835. The molecular formula is C13H13BrClN3. The van der Waals surface area contributed by atoms with E-state index < -0.39 is 0 Å². The molecular weight excluding hydrogens is 314 g/mol. The standard InChI is InChI=1S/C13H13BrClN3/c1-9-4-3-5-10(6-9)8-18(2)12-11(14)7-16-13(15)17-12/h3-7H,8H2,1-2H3. The molecule has 94 valence electrons. The number of hydrogen-bond donors (Lipinski definition) is 0. The Labute approximate surface area is 120 Å². The zero-order valence-electron chi connectivity index (χ0n) is 10.2. The molecule has 3 nitrogen and oxygen atoms in total. The number of halogens is 2. The summed E-state index contributed by atoms with van der Waals surface area (Å²) in [5, 5.41) is 0.254. The molecule has 0 aliphatic rings. The second-order valence-electron chi connectivity index (χ2n) is 4.16. The maximum atomic E-state index is 5.82. The maximum Gasteiger partial charge on any atom is 0.224 e. The lowest BCUT2D eigenvalue weighted by molar-refractivity contribution is 0.885. The molecule has 0 radical (unpaired) electrons. The van der Waals surface area contributed by atoms with E-state index >= 15 is 0 Å². The molecule has 2 rings (SSSR count). The number of hydrogen-bond acceptors (Lipinski definition) is 3. The highest BCUT2D eigenvalue weighted by Crippen LogP contribution is 2.24. The van der Waals surface area contributed by atoms with E-state index in [4.69, 9.17) is 11.6 Å². The van der Waals surface area contributed by atoms with E-state index in [0.717, 1.165) is 16.8 Å². The van der Waals surface area contributed by atoms with Crippen LogP contribution in [0.3, 0.4) is 0 Å². The number of rotatable bonds is 3. The van der Waals surface area contributed by atoms with Gasteiger partial charge in [-0.15, -0.1) is 0 Å². The third kappa shape index (κ3) is 3.21. The Morgan fingerprint density at radius 1 is 1.39 bits per heavy atom. The molecule has 0 saturated carbocycles. The summed E-state index contributed by atoms with van der Waals surface area (Å²) in [5.74, 6) is 0.788. The van der Waals surface area contributed by atoms with E-state index in [1.165, 1.54) is 11.1 Å². The molecule has 18 heavy (non-hydrogen) atoms. The van der Waals surface area contributed by atoms with Gasteiger partial charge in [-0.3, -0.25) is 0 Å². The fourth-order valence-corrected chi connectivity index (χ4v) is 2.39. The van der Waals surface area contributed by atoms with Crippen LogP contribution < -0.4 is 4.90 Å². The van der Waals surface area contributed by atoms with Crippen LogP contribution >= 0.6 is 27.5 Å². The fraction of sp³-hybridized carbons (Fsp3) is 0.231. The fourth-order valence-electron chi connectivity index (χ4n) is 1.76. The highest BCUT2D eigenvalue weighted by Gasteiger charge is 2.09. The van der Waals surface area contributed by atoms with Crippen LogP contribution in [0.2, 0.25) is 5.28 Å². The number of nitrogens with zero attached hydrogens (tertiary/aromatic N) is 3. The molecule has 0 spiro atoms. The lowest BCUT2D eigenvalue weighted by Gasteiger charge is -2.19. The molecule has 0 fully saturated rings. The number of anilines is 1. The lowest BCUT2D eigenvalue weighted by Crippen LogP contribution is -2.18. The summed E-state index contributed by atoms with van der Waals surface area (Å²) in [7, 11) is 1.98. The minimum absolute atomic E-state index is 0.254. The van der Waals surface area contributed by atoms with Gasteiger partial charge in [0, 0.05) is 19.8 Å². The third-order valence-electron chi connectivity index (χ3n) is 2.56. The first-order valence-electron chi connectivity index (χ1n) is 5.51. The Hall–Kier alpha value is -1.13. The quantitative estimate of drug-likeness (QED) is 0.803. The first-order chi connectivity index (χ1) is 8.56. The second-order valence-corrected chi connectivity index (χ2v) is 5.35. The number of aryl methyl sites for hydroxylation is 1. The van der Waals surface area contributed by atoms with Crippen molar-refractivity contribution in [3.63, 3.8) is 0 Å². The van der Waals surface area contributed by atoms with E-state index in [2.05, 4.69) is 57.1 Å². The van der Waals surface area contributed by atoms with Crippen molar-refractivity contribution in [1.82, 2.24) is 9.97 Å². The summed E-state index contributed by atoms with van der Waals surface area (Å²) in [5.41, 5.74) is 2.49. The molecule has 0 saturated heterocycles. The SMILES string of the molecule is Cc1cccc(CN(C)c2nc(Cl)ncc2Br)c1. The molecule has 2 aromatic rings. The van der Waals surface area contributed by atoms with Crippen LogP contribution in [0.1, 0.15) is 11.1 Å². The average Bonchev–Trinajstić information content (AvgIpc) is 2.32. The van der Waals surface area contributed by atoms with Crippen molar-refractivity contribution in [3.05, 3.63) is 51.3 Å². The molecule has 0 aliphatic heterocycles. The van der Waals surface area contributed by atoms with Gasteiger partial charge in [0.05, 0.1) is 4.47 Å². The second kappa shape index (κ2) is 5.67. The zero-order valence-corrected chi connectivity index (χ0v) is 12.5. The Balaban J connectivity index is 2.21. The monoisotopic (exact) mass is 325 g/mol. The van der Waals surface area contributed by atoms with Gasteiger partial charge in [-0.2, -0.15) is 4.98 Å². The van der Waals surface area contributed by atoms with Crippen molar-refractivity contribution in [1.29, 1.82) is 0 Å². The van der Waals surface area contributed by atoms with Gasteiger partial charge in [-0.25, -0.2) is 4.98 Å². The van der Waals surface area contributed by atoms with Gasteiger partial charge in [0.1, 0.15) is 5.82 Å². The van der Waals surface area contributed by atoms with Gasteiger partial charge >= 0.3 is 0 Å². The van der Waals surface area contributed by atoms with E-state index in [1.54, 1.807) is 6.20 Å². The minimum atomic E-state index is 0.254. The Morgan fingerprint density at radius 2 is 2.17 bits per heavy atom. The van der Waals surface area contributed by atoms with Crippen molar-refractivity contribution >= 4 is 33.3 Å². The van der Waals surface area contributed by atoms with Crippen LogP contribution in [0.4, 0.5) is 5.82 Å². The Kier molecular flexibility index (Phi) is 4.19. The van der Waals surface area contributed by atoms with E-state index in [-0.39, 0.29) is 5.28 Å². The third-order valence-corrected chi connectivity index (χ3v) is 3.30. The predicted octanol–water partition coefficient (Wildman–Crippen LogP) is 3.84. The highest BCUT2D eigenvalue weighted by atomic mass is 79.9. The van der Waals surface area contributed by atoms with Crippen molar-refractivity contribution in [2.45, 2.75) is 13.5 Å². The topological polar surface area (TPSA) is 29.0 Å². The lowest BCUT2D eigenvalue weighted by atomic mass is 10.1. The van der Waals surface area contributed by atoms with Crippen LogP contribution in [-0.2, 0) is 6.54 Å². The molecule has 0 bridgehead atoms. The van der Waals surface area contributed by atoms with Crippen molar-refractivity contribution in [2.24, 2.45) is 0 Å².